The first-order valence-electron chi connectivity index (χ1n) is 4.53. The predicted molar refractivity (Wildman–Crippen MR) is 56.4 cm³/mol. The fraction of sp³-hybridized carbons (Fsp3) is 0.625. The molecule has 0 fully saturated rings. The van der Waals surface area contributed by atoms with Crippen LogP contribution in [-0.2, 0) is 0 Å². The summed E-state index contributed by atoms with van der Waals surface area (Å²) in [7, 11) is 0. The molecule has 1 rings (SSSR count). The van der Waals surface area contributed by atoms with Gasteiger partial charge in [0.25, 0.3) is 0 Å². The van der Waals surface area contributed by atoms with Crippen molar-refractivity contribution in [2.45, 2.75) is 25.4 Å². The van der Waals surface area contributed by atoms with Crippen LogP contribution in [0.4, 0.5) is 5.95 Å². The Morgan fingerprint density at radius 2 is 2.07 bits per heavy atom. The van der Waals surface area contributed by atoms with Gasteiger partial charge >= 0.3 is 6.01 Å². The van der Waals surface area contributed by atoms with E-state index in [-0.39, 0.29) is 5.95 Å². The van der Waals surface area contributed by atoms with E-state index in [4.69, 9.17) is 10.5 Å². The molecule has 0 saturated heterocycles. The van der Waals surface area contributed by atoms with Gasteiger partial charge in [0.15, 0.2) is 5.16 Å². The van der Waals surface area contributed by atoms with Crippen LogP contribution in [0, 0.1) is 0 Å². The number of aromatic nitrogens is 3. The molecule has 1 aromatic heterocycles. The zero-order valence-corrected chi connectivity index (χ0v) is 9.17. The van der Waals surface area contributed by atoms with E-state index in [1.165, 1.54) is 0 Å². The van der Waals surface area contributed by atoms with Crippen molar-refractivity contribution < 1.29 is 4.74 Å². The molecule has 1 aromatic rings. The lowest BCUT2D eigenvalue weighted by Gasteiger charge is -2.03. The largest absolute Gasteiger partial charge is 0.464 e. The van der Waals surface area contributed by atoms with Crippen molar-refractivity contribution in [2.24, 2.45) is 0 Å². The standard InChI is InChI=1S/C8H14N4OS/c1-3-5-14-8-11-6(9)10-7(12-8)13-4-2/h3-5H2,1-2H3,(H2,9,10,11,12). The Labute approximate surface area is 87.5 Å². The number of anilines is 1. The summed E-state index contributed by atoms with van der Waals surface area (Å²) < 4.78 is 5.15. The zero-order chi connectivity index (χ0) is 10.4. The fourth-order valence-electron chi connectivity index (χ4n) is 0.804. The first-order valence-corrected chi connectivity index (χ1v) is 5.52. The molecule has 0 aliphatic carbocycles. The molecule has 78 valence electrons. The quantitative estimate of drug-likeness (QED) is 0.746. The number of ether oxygens (including phenoxy) is 1. The molecule has 0 aliphatic rings. The summed E-state index contributed by atoms with van der Waals surface area (Å²) in [6.45, 7) is 4.50. The van der Waals surface area contributed by atoms with Crippen LogP contribution >= 0.6 is 11.8 Å². The molecule has 0 radical (unpaired) electrons. The minimum Gasteiger partial charge on any atom is -0.464 e. The first kappa shape index (κ1) is 11.0. The number of hydrogen-bond acceptors (Lipinski definition) is 6. The highest BCUT2D eigenvalue weighted by Gasteiger charge is 2.04. The van der Waals surface area contributed by atoms with Crippen molar-refractivity contribution in [3.05, 3.63) is 0 Å². The van der Waals surface area contributed by atoms with Crippen LogP contribution in [0.3, 0.4) is 0 Å². The summed E-state index contributed by atoms with van der Waals surface area (Å²) >= 11 is 1.55. The van der Waals surface area contributed by atoms with Gasteiger partial charge in [-0.1, -0.05) is 18.7 Å². The van der Waals surface area contributed by atoms with Gasteiger partial charge in [0.2, 0.25) is 5.95 Å². The highest BCUT2D eigenvalue weighted by molar-refractivity contribution is 7.99. The van der Waals surface area contributed by atoms with Crippen molar-refractivity contribution in [1.82, 2.24) is 15.0 Å². The number of nitrogen functional groups attached to an aromatic ring is 1. The summed E-state index contributed by atoms with van der Waals surface area (Å²) in [6, 6.07) is 0.304. The fourth-order valence-corrected chi connectivity index (χ4v) is 1.49. The van der Waals surface area contributed by atoms with Crippen LogP contribution in [0.5, 0.6) is 6.01 Å². The Bertz CT molecular complexity index is 295. The van der Waals surface area contributed by atoms with Crippen LogP contribution < -0.4 is 10.5 Å². The first-order chi connectivity index (χ1) is 6.76. The second-order valence-electron chi connectivity index (χ2n) is 2.54. The SMILES string of the molecule is CCCSc1nc(N)nc(OCC)n1. The molecule has 0 aromatic carbocycles. The monoisotopic (exact) mass is 214 g/mol. The third kappa shape index (κ3) is 3.37. The van der Waals surface area contributed by atoms with Crippen LogP contribution in [0.15, 0.2) is 5.16 Å². The zero-order valence-electron chi connectivity index (χ0n) is 8.36. The second kappa shape index (κ2) is 5.64. The van der Waals surface area contributed by atoms with Gasteiger partial charge in [-0.05, 0) is 13.3 Å². The van der Waals surface area contributed by atoms with Gasteiger partial charge in [-0.15, -0.1) is 0 Å². The minimum absolute atomic E-state index is 0.210. The Hall–Kier alpha value is -1.04. The van der Waals surface area contributed by atoms with Gasteiger partial charge in [0, 0.05) is 5.75 Å². The third-order valence-electron chi connectivity index (χ3n) is 1.32. The molecular weight excluding hydrogens is 200 g/mol. The molecular formula is C8H14N4OS. The van der Waals surface area contributed by atoms with Crippen molar-refractivity contribution in [3.8, 4) is 6.01 Å². The highest BCUT2D eigenvalue weighted by Crippen LogP contribution is 2.16. The summed E-state index contributed by atoms with van der Waals surface area (Å²) in [5.74, 6) is 1.18. The molecule has 0 atom stereocenters. The average molecular weight is 214 g/mol. The second-order valence-corrected chi connectivity index (χ2v) is 3.60. The van der Waals surface area contributed by atoms with Gasteiger partial charge in [-0.25, -0.2) is 0 Å². The Balaban J connectivity index is 2.73. The Morgan fingerprint density at radius 3 is 2.71 bits per heavy atom. The maximum Gasteiger partial charge on any atom is 0.322 e. The molecule has 0 bridgehead atoms. The van der Waals surface area contributed by atoms with Crippen molar-refractivity contribution in [1.29, 1.82) is 0 Å². The molecule has 5 nitrogen and oxygen atoms in total. The van der Waals surface area contributed by atoms with Crippen molar-refractivity contribution >= 4 is 17.7 Å². The van der Waals surface area contributed by atoms with Crippen molar-refractivity contribution in [3.63, 3.8) is 0 Å². The van der Waals surface area contributed by atoms with E-state index in [1.807, 2.05) is 6.92 Å². The molecule has 14 heavy (non-hydrogen) atoms. The van der Waals surface area contributed by atoms with Crippen LogP contribution in [-0.4, -0.2) is 27.3 Å². The van der Waals surface area contributed by atoms with E-state index in [9.17, 15) is 0 Å². The summed E-state index contributed by atoms with van der Waals surface area (Å²) in [6.07, 6.45) is 1.07. The number of nitrogens with zero attached hydrogens (tertiary/aromatic N) is 3. The molecule has 0 saturated carbocycles. The van der Waals surface area contributed by atoms with Gasteiger partial charge in [-0.3, -0.25) is 0 Å². The van der Waals surface area contributed by atoms with Crippen molar-refractivity contribution in [2.75, 3.05) is 18.1 Å². The summed E-state index contributed by atoms with van der Waals surface area (Å²) in [5.41, 5.74) is 5.51. The Morgan fingerprint density at radius 1 is 1.29 bits per heavy atom. The molecule has 0 spiro atoms. The smallest absolute Gasteiger partial charge is 0.322 e. The molecule has 2 N–H and O–H groups in total. The normalized spacial score (nSPS) is 10.1. The third-order valence-corrected chi connectivity index (χ3v) is 2.37. The molecule has 0 aliphatic heterocycles. The number of rotatable bonds is 5. The van der Waals surface area contributed by atoms with E-state index in [0.29, 0.717) is 17.8 Å². The maximum absolute atomic E-state index is 5.51. The lowest BCUT2D eigenvalue weighted by Crippen LogP contribution is -2.04. The molecule has 0 amide bonds. The number of nitrogens with two attached hydrogens (primary N) is 1. The van der Waals surface area contributed by atoms with E-state index in [0.717, 1.165) is 12.2 Å². The highest BCUT2D eigenvalue weighted by atomic mass is 32.2. The van der Waals surface area contributed by atoms with Crippen LogP contribution in [0.1, 0.15) is 20.3 Å². The molecule has 1 heterocycles. The summed E-state index contributed by atoms with van der Waals surface area (Å²) in [5, 5.41) is 0.628. The Kier molecular flexibility index (Phi) is 4.45. The van der Waals surface area contributed by atoms with Gasteiger partial charge in [0.1, 0.15) is 0 Å². The van der Waals surface area contributed by atoms with E-state index >= 15 is 0 Å². The lowest BCUT2D eigenvalue weighted by molar-refractivity contribution is 0.308. The molecule has 6 heteroatoms. The average Bonchev–Trinajstić information content (AvgIpc) is 2.14. The van der Waals surface area contributed by atoms with Crippen LogP contribution in [0.2, 0.25) is 0 Å². The maximum atomic E-state index is 5.51. The van der Waals surface area contributed by atoms with Gasteiger partial charge < -0.3 is 10.5 Å². The van der Waals surface area contributed by atoms with E-state index in [2.05, 4.69) is 21.9 Å². The van der Waals surface area contributed by atoms with Gasteiger partial charge in [0.05, 0.1) is 6.61 Å². The van der Waals surface area contributed by atoms with Crippen LogP contribution in [0.25, 0.3) is 0 Å². The lowest BCUT2D eigenvalue weighted by atomic mass is 10.6. The minimum atomic E-state index is 0.210. The number of hydrogen-bond donors (Lipinski definition) is 1. The predicted octanol–water partition coefficient (Wildman–Crippen LogP) is 1.35. The summed E-state index contributed by atoms with van der Waals surface area (Å²) in [4.78, 5) is 11.9. The van der Waals surface area contributed by atoms with E-state index < -0.39 is 0 Å². The number of thioether (sulfide) groups is 1. The topological polar surface area (TPSA) is 73.9 Å². The van der Waals surface area contributed by atoms with Gasteiger partial charge in [-0.2, -0.15) is 15.0 Å². The molecule has 0 unspecified atom stereocenters. The van der Waals surface area contributed by atoms with E-state index in [1.54, 1.807) is 11.8 Å².